The molecule has 1 amide bonds. The minimum absolute atomic E-state index is 0.188. The van der Waals surface area contributed by atoms with E-state index >= 15 is 0 Å². The van der Waals surface area contributed by atoms with Gasteiger partial charge >= 0.3 is 0 Å². The van der Waals surface area contributed by atoms with Crippen molar-refractivity contribution < 1.29 is 4.79 Å². The van der Waals surface area contributed by atoms with Crippen LogP contribution in [-0.2, 0) is 17.9 Å². The molecule has 4 rings (SSSR count). The van der Waals surface area contributed by atoms with E-state index in [4.69, 9.17) is 10.7 Å². The monoisotopic (exact) mass is 354 g/mol. The minimum Gasteiger partial charge on any atom is -0.354 e. The fourth-order valence-electron chi connectivity index (χ4n) is 3.06. The van der Waals surface area contributed by atoms with E-state index in [0.29, 0.717) is 13.1 Å². The highest BCUT2D eigenvalue weighted by atomic mass is 32.1. The summed E-state index contributed by atoms with van der Waals surface area (Å²) in [6.45, 7) is 2.07. The second-order valence-corrected chi connectivity index (χ2v) is 7.51. The van der Waals surface area contributed by atoms with Crippen LogP contribution >= 0.6 is 11.3 Å². The molecule has 0 spiro atoms. The number of nitrogens with zero attached hydrogens (tertiary/aromatic N) is 3. The number of rotatable bonds is 7. The predicted octanol–water partition coefficient (Wildman–Crippen LogP) is 3.39. The van der Waals surface area contributed by atoms with Crippen molar-refractivity contribution in [2.75, 3.05) is 11.4 Å². The lowest BCUT2D eigenvalue weighted by molar-refractivity contribution is -0.119. The van der Waals surface area contributed by atoms with Crippen LogP contribution in [0.25, 0.3) is 10.2 Å². The SMILES string of the molecule is NCc1cccc2sc(N(CCCn3cccc3)C(=O)C3CC3)nc12. The first-order chi connectivity index (χ1) is 12.3. The molecule has 1 aromatic carbocycles. The maximum atomic E-state index is 12.8. The van der Waals surface area contributed by atoms with Crippen LogP contribution in [0, 0.1) is 5.92 Å². The molecule has 130 valence electrons. The maximum absolute atomic E-state index is 12.8. The number of aromatic nitrogens is 2. The van der Waals surface area contributed by atoms with Crippen molar-refractivity contribution in [3.05, 3.63) is 48.3 Å². The van der Waals surface area contributed by atoms with Gasteiger partial charge in [0.2, 0.25) is 5.91 Å². The minimum atomic E-state index is 0.188. The summed E-state index contributed by atoms with van der Waals surface area (Å²) in [7, 11) is 0. The fraction of sp³-hybridized carbons (Fsp3) is 0.368. The third-order valence-corrected chi connectivity index (χ3v) is 5.64. The Hall–Kier alpha value is -2.18. The molecule has 2 heterocycles. The molecule has 0 unspecified atom stereocenters. The van der Waals surface area contributed by atoms with Crippen LogP contribution in [0.3, 0.4) is 0 Å². The first-order valence-corrected chi connectivity index (χ1v) is 9.58. The third kappa shape index (κ3) is 3.45. The van der Waals surface area contributed by atoms with E-state index in [1.165, 1.54) is 0 Å². The first-order valence-electron chi connectivity index (χ1n) is 8.77. The number of fused-ring (bicyclic) bond motifs is 1. The van der Waals surface area contributed by atoms with Crippen molar-refractivity contribution in [2.24, 2.45) is 11.7 Å². The van der Waals surface area contributed by atoms with Crippen LogP contribution in [0.2, 0.25) is 0 Å². The van der Waals surface area contributed by atoms with Gasteiger partial charge in [-0.25, -0.2) is 4.98 Å². The van der Waals surface area contributed by atoms with E-state index in [0.717, 1.165) is 46.7 Å². The molecule has 2 N–H and O–H groups in total. The Balaban J connectivity index is 1.57. The summed E-state index contributed by atoms with van der Waals surface area (Å²) in [5.74, 6) is 0.411. The normalized spacial score (nSPS) is 14.1. The average Bonchev–Trinajstić information content (AvgIpc) is 3.18. The molecule has 0 saturated heterocycles. The summed E-state index contributed by atoms with van der Waals surface area (Å²) in [6.07, 6.45) is 7.03. The van der Waals surface area contributed by atoms with Crippen molar-refractivity contribution in [2.45, 2.75) is 32.4 Å². The summed E-state index contributed by atoms with van der Waals surface area (Å²) < 4.78 is 3.24. The lowest BCUT2D eigenvalue weighted by atomic mass is 10.2. The Kier molecular flexibility index (Phi) is 4.55. The largest absolute Gasteiger partial charge is 0.354 e. The van der Waals surface area contributed by atoms with Crippen LogP contribution < -0.4 is 10.6 Å². The van der Waals surface area contributed by atoms with Crippen LogP contribution in [0.15, 0.2) is 42.7 Å². The lowest BCUT2D eigenvalue weighted by Crippen LogP contribution is -2.33. The molecule has 1 saturated carbocycles. The molecule has 3 aromatic rings. The molecule has 2 aromatic heterocycles. The van der Waals surface area contributed by atoms with Gasteiger partial charge in [-0.2, -0.15) is 0 Å². The van der Waals surface area contributed by atoms with Crippen LogP contribution in [0.5, 0.6) is 0 Å². The maximum Gasteiger partial charge on any atom is 0.231 e. The molecule has 6 heteroatoms. The number of amides is 1. The van der Waals surface area contributed by atoms with Crippen LogP contribution in [0.1, 0.15) is 24.8 Å². The van der Waals surface area contributed by atoms with Crippen molar-refractivity contribution >= 4 is 32.6 Å². The van der Waals surface area contributed by atoms with Crippen molar-refractivity contribution in [3.8, 4) is 0 Å². The quantitative estimate of drug-likeness (QED) is 0.707. The molecule has 5 nitrogen and oxygen atoms in total. The zero-order valence-electron chi connectivity index (χ0n) is 14.1. The Labute approximate surface area is 151 Å². The summed E-state index contributed by atoms with van der Waals surface area (Å²) in [5, 5.41) is 0.806. The second kappa shape index (κ2) is 6.98. The van der Waals surface area contributed by atoms with E-state index in [1.54, 1.807) is 11.3 Å². The van der Waals surface area contributed by atoms with Gasteiger partial charge in [0.25, 0.3) is 0 Å². The van der Waals surface area contributed by atoms with Crippen molar-refractivity contribution in [3.63, 3.8) is 0 Å². The molecule has 0 bridgehead atoms. The first kappa shape index (κ1) is 16.3. The summed E-state index contributed by atoms with van der Waals surface area (Å²) in [5.41, 5.74) is 7.80. The number of para-hydroxylation sites is 1. The number of hydrogen-bond donors (Lipinski definition) is 1. The Bertz CT molecular complexity index is 867. The molecular formula is C19H22N4OS. The number of carbonyl (C=O) groups excluding carboxylic acids is 1. The van der Waals surface area contributed by atoms with Crippen molar-refractivity contribution in [1.82, 2.24) is 9.55 Å². The molecule has 0 aliphatic heterocycles. The van der Waals surface area contributed by atoms with E-state index < -0.39 is 0 Å². The highest BCUT2D eigenvalue weighted by molar-refractivity contribution is 7.22. The number of hydrogen-bond acceptors (Lipinski definition) is 4. The van der Waals surface area contributed by atoms with Gasteiger partial charge < -0.3 is 10.3 Å². The second-order valence-electron chi connectivity index (χ2n) is 6.50. The number of carbonyl (C=O) groups is 1. The molecule has 1 aliphatic carbocycles. The number of nitrogens with two attached hydrogens (primary N) is 1. The van der Waals surface area contributed by atoms with Crippen LogP contribution in [-0.4, -0.2) is 22.0 Å². The van der Waals surface area contributed by atoms with E-state index in [9.17, 15) is 4.79 Å². The number of thiazole rings is 1. The third-order valence-electron chi connectivity index (χ3n) is 4.60. The van der Waals surface area contributed by atoms with E-state index in [2.05, 4.69) is 23.0 Å². The number of aryl methyl sites for hydroxylation is 1. The number of anilines is 1. The zero-order chi connectivity index (χ0) is 17.2. The van der Waals surface area contributed by atoms with E-state index in [1.807, 2.05) is 29.2 Å². The fourth-order valence-corrected chi connectivity index (χ4v) is 4.10. The summed E-state index contributed by atoms with van der Waals surface area (Å²) >= 11 is 1.59. The Morgan fingerprint density at radius 1 is 1.28 bits per heavy atom. The van der Waals surface area contributed by atoms with Gasteiger partial charge in [0, 0.05) is 37.9 Å². The molecular weight excluding hydrogens is 332 g/mol. The van der Waals surface area contributed by atoms with E-state index in [-0.39, 0.29) is 11.8 Å². The lowest BCUT2D eigenvalue weighted by Gasteiger charge is -2.20. The predicted molar refractivity (Wildman–Crippen MR) is 102 cm³/mol. The topological polar surface area (TPSA) is 64.2 Å². The van der Waals surface area contributed by atoms with Crippen molar-refractivity contribution in [1.29, 1.82) is 0 Å². The highest BCUT2D eigenvalue weighted by Gasteiger charge is 2.35. The van der Waals surface area contributed by atoms with Gasteiger partial charge in [0.1, 0.15) is 0 Å². The molecule has 25 heavy (non-hydrogen) atoms. The Morgan fingerprint density at radius 2 is 2.08 bits per heavy atom. The molecule has 0 atom stereocenters. The molecule has 0 radical (unpaired) electrons. The van der Waals surface area contributed by atoms with Gasteiger partial charge in [-0.15, -0.1) is 0 Å². The van der Waals surface area contributed by atoms with Gasteiger partial charge in [0.15, 0.2) is 5.13 Å². The highest BCUT2D eigenvalue weighted by Crippen LogP contribution is 2.36. The van der Waals surface area contributed by atoms with Gasteiger partial charge in [-0.3, -0.25) is 9.69 Å². The van der Waals surface area contributed by atoms with Crippen LogP contribution in [0.4, 0.5) is 5.13 Å². The zero-order valence-corrected chi connectivity index (χ0v) is 14.9. The van der Waals surface area contributed by atoms with Gasteiger partial charge in [-0.1, -0.05) is 23.5 Å². The molecule has 1 aliphatic rings. The molecule has 1 fully saturated rings. The standard InChI is InChI=1S/C19H22N4OS/c20-13-15-5-3-6-16-17(15)21-19(25-16)23(18(24)14-7-8-14)12-4-11-22-9-1-2-10-22/h1-3,5-6,9-10,14H,4,7-8,11-13,20H2. The Morgan fingerprint density at radius 3 is 2.80 bits per heavy atom. The average molecular weight is 354 g/mol. The van der Waals surface area contributed by atoms with Gasteiger partial charge in [0.05, 0.1) is 10.2 Å². The summed E-state index contributed by atoms with van der Waals surface area (Å²) in [6, 6.07) is 10.1. The smallest absolute Gasteiger partial charge is 0.231 e. The van der Waals surface area contributed by atoms with Gasteiger partial charge in [-0.05, 0) is 43.0 Å². The summed E-state index contributed by atoms with van der Waals surface area (Å²) in [4.78, 5) is 19.5. The number of benzene rings is 1.